The summed E-state index contributed by atoms with van der Waals surface area (Å²) < 4.78 is 78.1. The Morgan fingerprint density at radius 2 is 2.13 bits per heavy atom. The summed E-state index contributed by atoms with van der Waals surface area (Å²) in [6.45, 7) is -2.37. The number of carbonyl (C=O) groups excluding carboxylic acids is 1. The van der Waals surface area contributed by atoms with Gasteiger partial charge in [0, 0.05) is 18.3 Å². The second kappa shape index (κ2) is 9.70. The van der Waals surface area contributed by atoms with Crippen molar-refractivity contribution in [1.82, 2.24) is 29.0 Å². The Balaban J connectivity index is 1.49. The van der Waals surface area contributed by atoms with Gasteiger partial charge in [0.05, 0.1) is 38.1 Å². The lowest BCUT2D eigenvalue weighted by Gasteiger charge is -2.38. The molecule has 0 spiro atoms. The number of nitrogens with zero attached hydrogens (tertiary/aromatic N) is 6. The highest BCUT2D eigenvalue weighted by atomic mass is 19.3. The molecule has 38 heavy (non-hydrogen) atoms. The lowest BCUT2D eigenvalue weighted by molar-refractivity contribution is -0.145. The molecular weight excluding hydrogens is 517 g/mol. The third-order valence-corrected chi connectivity index (χ3v) is 6.39. The number of halogens is 5. The van der Waals surface area contributed by atoms with Crippen LogP contribution in [0.25, 0.3) is 27.7 Å². The maximum atomic E-state index is 14.8. The second-order valence-electron chi connectivity index (χ2n) is 8.80. The molecule has 0 unspecified atom stereocenters. The van der Waals surface area contributed by atoms with Crippen molar-refractivity contribution in [2.45, 2.75) is 31.4 Å². The number of alkyl halides is 4. The minimum Gasteiger partial charge on any atom is -0.479 e. The Bertz CT molecular complexity index is 1510. The van der Waals surface area contributed by atoms with Gasteiger partial charge in [-0.25, -0.2) is 31.5 Å². The van der Waals surface area contributed by atoms with E-state index in [9.17, 15) is 26.7 Å². The number of hydrogen-bond acceptors (Lipinski definition) is 7. The van der Waals surface area contributed by atoms with Crippen LogP contribution in [0.5, 0.6) is 5.88 Å². The summed E-state index contributed by atoms with van der Waals surface area (Å²) >= 11 is 0. The number of carbonyl (C=O) groups is 1. The zero-order valence-corrected chi connectivity index (χ0v) is 19.9. The van der Waals surface area contributed by atoms with E-state index in [1.807, 2.05) is 0 Å². The molecule has 3 aromatic heterocycles. The fourth-order valence-electron chi connectivity index (χ4n) is 4.59. The van der Waals surface area contributed by atoms with E-state index < -0.39 is 49.8 Å². The van der Waals surface area contributed by atoms with Gasteiger partial charge in [0.1, 0.15) is 17.6 Å². The fourth-order valence-corrected chi connectivity index (χ4v) is 4.59. The van der Waals surface area contributed by atoms with Crippen LogP contribution in [0, 0.1) is 5.82 Å². The van der Waals surface area contributed by atoms with Gasteiger partial charge in [0.2, 0.25) is 17.7 Å². The molecule has 0 bridgehead atoms. The number of piperidine rings is 1. The van der Waals surface area contributed by atoms with Crippen molar-refractivity contribution in [2.24, 2.45) is 0 Å². The monoisotopic (exact) mass is 539 g/mol. The lowest BCUT2D eigenvalue weighted by Crippen LogP contribution is -2.56. The number of ether oxygens (including phenoxy) is 1. The molecule has 2 N–H and O–H groups in total. The van der Waals surface area contributed by atoms with E-state index in [1.54, 1.807) is 6.07 Å². The van der Waals surface area contributed by atoms with Crippen LogP contribution < -0.4 is 10.1 Å². The molecule has 15 heteroatoms. The number of rotatable bonds is 7. The molecule has 1 atom stereocenters. The lowest BCUT2D eigenvalue weighted by atomic mass is 10.0. The predicted molar refractivity (Wildman–Crippen MR) is 125 cm³/mol. The van der Waals surface area contributed by atoms with Crippen LogP contribution in [0.15, 0.2) is 30.7 Å². The number of imidazole rings is 1. The largest absolute Gasteiger partial charge is 0.479 e. The average molecular weight is 539 g/mol. The van der Waals surface area contributed by atoms with Crippen molar-refractivity contribution in [2.75, 3.05) is 32.1 Å². The summed E-state index contributed by atoms with van der Waals surface area (Å²) in [7, 11) is 1.32. The van der Waals surface area contributed by atoms with E-state index in [0.29, 0.717) is 16.6 Å². The molecule has 0 aliphatic carbocycles. The zero-order chi connectivity index (χ0) is 27.2. The molecule has 4 heterocycles. The molecule has 5 rings (SSSR count). The van der Waals surface area contributed by atoms with Gasteiger partial charge in [-0.15, -0.1) is 5.10 Å². The van der Waals surface area contributed by atoms with E-state index in [-0.39, 0.29) is 35.8 Å². The number of aliphatic hydroxyl groups excluding tert-OH is 1. The van der Waals surface area contributed by atoms with E-state index in [1.165, 1.54) is 30.0 Å². The standard InChI is InChI=1S/C23H22F5N7O3/c1-38-21-20-13(12-6-14(24)19-15(7-12)34(11-29-19)8-17(25)26)2-5-35(20)32-22(31-21)30-16-3-4-33(18(37)9-36)10-23(16,27)28/h2,5-7,11,16-17,36H,3-4,8-10H2,1H3,(H,30,32)/t16-/m1/s1. The topological polar surface area (TPSA) is 110 Å². The van der Waals surface area contributed by atoms with E-state index in [2.05, 4.69) is 20.4 Å². The molecule has 0 radical (unpaired) electrons. The summed E-state index contributed by atoms with van der Waals surface area (Å²) in [6.07, 6.45) is -0.142. The van der Waals surface area contributed by atoms with Gasteiger partial charge in [-0.2, -0.15) is 4.98 Å². The first-order valence-electron chi connectivity index (χ1n) is 11.5. The van der Waals surface area contributed by atoms with E-state index in [4.69, 9.17) is 9.84 Å². The molecule has 1 aliphatic heterocycles. The highest BCUT2D eigenvalue weighted by Crippen LogP contribution is 2.35. The summed E-state index contributed by atoms with van der Waals surface area (Å²) in [5.74, 6) is -4.99. The number of aromatic nitrogens is 5. The van der Waals surface area contributed by atoms with Crippen molar-refractivity contribution < 1.29 is 36.6 Å². The van der Waals surface area contributed by atoms with Gasteiger partial charge < -0.3 is 24.6 Å². The van der Waals surface area contributed by atoms with Crippen molar-refractivity contribution in [3.63, 3.8) is 0 Å². The molecule has 0 saturated carbocycles. The predicted octanol–water partition coefficient (Wildman–Crippen LogP) is 2.80. The normalized spacial score (nSPS) is 17.5. The number of amides is 1. The van der Waals surface area contributed by atoms with Gasteiger partial charge in [0.15, 0.2) is 5.82 Å². The molecule has 4 aromatic rings. The van der Waals surface area contributed by atoms with Crippen LogP contribution in [0.2, 0.25) is 0 Å². The van der Waals surface area contributed by atoms with Crippen molar-refractivity contribution >= 4 is 28.4 Å². The SMILES string of the molecule is COc1nc(N[C@@H]2CCN(C(=O)CO)CC2(F)F)nn2ccc(-c3cc(F)c4ncn(CC(F)F)c4c3)c12. The number of anilines is 1. The van der Waals surface area contributed by atoms with Gasteiger partial charge in [0.25, 0.3) is 12.3 Å². The Labute approximate surface area is 211 Å². The maximum Gasteiger partial charge on any atom is 0.285 e. The van der Waals surface area contributed by atoms with Crippen LogP contribution in [0.4, 0.5) is 27.9 Å². The van der Waals surface area contributed by atoms with Crippen molar-refractivity contribution in [3.8, 4) is 17.0 Å². The Hall–Kier alpha value is -4.01. The number of benzene rings is 1. The van der Waals surface area contributed by atoms with Crippen LogP contribution in [0.3, 0.4) is 0 Å². The minimum atomic E-state index is -3.33. The average Bonchev–Trinajstić information content (AvgIpc) is 3.48. The number of likely N-dealkylation sites (tertiary alicyclic amines) is 1. The maximum absolute atomic E-state index is 14.8. The molecular formula is C23H22F5N7O3. The Morgan fingerprint density at radius 3 is 2.82 bits per heavy atom. The van der Waals surface area contributed by atoms with Gasteiger partial charge in [-0.05, 0) is 30.2 Å². The third kappa shape index (κ3) is 4.57. The summed E-state index contributed by atoms with van der Waals surface area (Å²) in [5.41, 5.74) is 1.15. The Morgan fingerprint density at radius 1 is 1.34 bits per heavy atom. The number of fused-ring (bicyclic) bond motifs is 2. The van der Waals surface area contributed by atoms with Crippen LogP contribution in [-0.2, 0) is 11.3 Å². The minimum absolute atomic E-state index is 0.000281. The van der Waals surface area contributed by atoms with E-state index in [0.717, 1.165) is 15.8 Å². The summed E-state index contributed by atoms with van der Waals surface area (Å²) in [5, 5.41) is 15.8. The molecule has 1 fully saturated rings. The molecule has 10 nitrogen and oxygen atoms in total. The molecule has 1 aromatic carbocycles. The van der Waals surface area contributed by atoms with Gasteiger partial charge in [-0.3, -0.25) is 4.79 Å². The molecule has 202 valence electrons. The number of nitrogens with one attached hydrogen (secondary N) is 1. The quantitative estimate of drug-likeness (QED) is 0.348. The highest BCUT2D eigenvalue weighted by Gasteiger charge is 2.46. The van der Waals surface area contributed by atoms with Crippen LogP contribution in [-0.4, -0.2) is 85.3 Å². The Kier molecular flexibility index (Phi) is 6.54. The van der Waals surface area contributed by atoms with Crippen LogP contribution >= 0.6 is 0 Å². The first kappa shape index (κ1) is 25.6. The van der Waals surface area contributed by atoms with Crippen LogP contribution in [0.1, 0.15) is 6.42 Å². The zero-order valence-electron chi connectivity index (χ0n) is 19.9. The first-order chi connectivity index (χ1) is 18.1. The number of methoxy groups -OCH3 is 1. The van der Waals surface area contributed by atoms with E-state index >= 15 is 0 Å². The number of hydrogen-bond donors (Lipinski definition) is 2. The smallest absolute Gasteiger partial charge is 0.285 e. The molecule has 1 saturated heterocycles. The third-order valence-electron chi connectivity index (χ3n) is 6.39. The second-order valence-corrected chi connectivity index (χ2v) is 8.80. The molecule has 1 aliphatic rings. The highest BCUT2D eigenvalue weighted by molar-refractivity contribution is 5.90. The summed E-state index contributed by atoms with van der Waals surface area (Å²) in [4.78, 5) is 20.6. The number of aliphatic hydroxyl groups is 1. The van der Waals surface area contributed by atoms with Crippen molar-refractivity contribution in [1.29, 1.82) is 0 Å². The fraction of sp³-hybridized carbons (Fsp3) is 0.391. The first-order valence-corrected chi connectivity index (χ1v) is 11.5. The van der Waals surface area contributed by atoms with Gasteiger partial charge >= 0.3 is 0 Å². The molecule has 1 amide bonds. The van der Waals surface area contributed by atoms with Crippen molar-refractivity contribution in [3.05, 3.63) is 36.5 Å². The summed E-state index contributed by atoms with van der Waals surface area (Å²) in [6, 6.07) is 2.90. The van der Waals surface area contributed by atoms with Gasteiger partial charge in [-0.1, -0.05) is 0 Å².